The van der Waals surface area contributed by atoms with Gasteiger partial charge in [0.2, 0.25) is 0 Å². The fraction of sp³-hybridized carbons (Fsp3) is 0.469. The molecule has 4 aromatic rings. The van der Waals surface area contributed by atoms with Crippen LogP contribution >= 0.6 is 0 Å². The molecule has 1 atom stereocenters. The molecule has 0 amide bonds. The number of aromatic nitrogens is 4. The molecular formula is C32H40N8O. The minimum absolute atomic E-state index is 0.371. The molecule has 0 bridgehead atoms. The van der Waals surface area contributed by atoms with E-state index in [-0.39, 0.29) is 0 Å². The summed E-state index contributed by atoms with van der Waals surface area (Å²) in [7, 11) is 0. The lowest BCUT2D eigenvalue weighted by Gasteiger charge is -2.39. The maximum Gasteiger partial charge on any atom is 0.161 e. The van der Waals surface area contributed by atoms with E-state index in [9.17, 15) is 0 Å². The minimum atomic E-state index is 0.371. The lowest BCUT2D eigenvalue weighted by Crippen LogP contribution is -2.52. The molecule has 9 nitrogen and oxygen atoms in total. The van der Waals surface area contributed by atoms with Crippen molar-refractivity contribution in [3.05, 3.63) is 72.2 Å². The van der Waals surface area contributed by atoms with Crippen molar-refractivity contribution in [1.82, 2.24) is 34.6 Å². The van der Waals surface area contributed by atoms with E-state index in [0.29, 0.717) is 12.1 Å². The standard InChI is InChI=1S/C32H40N8O/c1-2-4-27-22-38(13-8-24(27)3-1)23-29(39-15-17-41-18-16-39)21-35-30-19-25(5-12-34-30)31-36-20-26-9-14-40(32(26)37-31)28-6-10-33-11-7-28/h1-5,9,12,14,19-20,28-29,33H,6-8,10-11,13,15-18,21-23H2,(H,34,35). The molecule has 7 rings (SSSR count). The van der Waals surface area contributed by atoms with Gasteiger partial charge in [-0.3, -0.25) is 9.80 Å². The van der Waals surface area contributed by atoms with Crippen LogP contribution in [0.4, 0.5) is 5.82 Å². The number of nitrogens with zero attached hydrogens (tertiary/aromatic N) is 6. The molecule has 41 heavy (non-hydrogen) atoms. The molecule has 1 aromatic carbocycles. The molecular weight excluding hydrogens is 512 g/mol. The van der Waals surface area contributed by atoms with E-state index in [1.807, 2.05) is 18.5 Å². The van der Waals surface area contributed by atoms with Crippen molar-refractivity contribution in [2.45, 2.75) is 37.9 Å². The van der Waals surface area contributed by atoms with Crippen molar-refractivity contribution < 1.29 is 4.74 Å². The van der Waals surface area contributed by atoms with Gasteiger partial charge in [-0.2, -0.15) is 0 Å². The third kappa shape index (κ3) is 5.99. The van der Waals surface area contributed by atoms with Gasteiger partial charge in [0.15, 0.2) is 5.82 Å². The van der Waals surface area contributed by atoms with Crippen molar-refractivity contribution >= 4 is 16.9 Å². The summed E-state index contributed by atoms with van der Waals surface area (Å²) in [5.74, 6) is 1.61. The van der Waals surface area contributed by atoms with Gasteiger partial charge in [-0.15, -0.1) is 0 Å². The third-order valence-corrected chi connectivity index (χ3v) is 8.93. The molecule has 9 heteroatoms. The first kappa shape index (κ1) is 26.5. The molecule has 2 saturated heterocycles. The van der Waals surface area contributed by atoms with E-state index in [1.54, 1.807) is 0 Å². The highest BCUT2D eigenvalue weighted by molar-refractivity contribution is 5.77. The summed E-state index contributed by atoms with van der Waals surface area (Å²) in [5.41, 5.74) is 4.96. The Bertz CT molecular complexity index is 1460. The molecule has 214 valence electrons. The Labute approximate surface area is 241 Å². The molecule has 1 unspecified atom stereocenters. The number of hydrogen-bond donors (Lipinski definition) is 2. The summed E-state index contributed by atoms with van der Waals surface area (Å²) < 4.78 is 8.02. The highest BCUT2D eigenvalue weighted by atomic mass is 16.5. The van der Waals surface area contributed by atoms with Crippen molar-refractivity contribution in [3.8, 4) is 11.4 Å². The minimum Gasteiger partial charge on any atom is -0.379 e. The first-order valence-electron chi connectivity index (χ1n) is 15.2. The maximum atomic E-state index is 5.68. The average Bonchev–Trinajstić information content (AvgIpc) is 3.47. The molecule has 0 aliphatic carbocycles. The zero-order valence-electron chi connectivity index (χ0n) is 23.7. The number of ether oxygens (including phenoxy) is 1. The van der Waals surface area contributed by atoms with E-state index in [1.165, 1.54) is 11.1 Å². The lowest BCUT2D eigenvalue weighted by molar-refractivity contribution is 0.0101. The summed E-state index contributed by atoms with van der Waals surface area (Å²) in [6.45, 7) is 9.60. The third-order valence-electron chi connectivity index (χ3n) is 8.93. The van der Waals surface area contributed by atoms with Crippen molar-refractivity contribution in [3.63, 3.8) is 0 Å². The van der Waals surface area contributed by atoms with E-state index in [4.69, 9.17) is 14.7 Å². The van der Waals surface area contributed by atoms with Crippen LogP contribution in [-0.2, 0) is 17.7 Å². The maximum absolute atomic E-state index is 5.68. The van der Waals surface area contributed by atoms with Gasteiger partial charge in [0.05, 0.1) is 13.2 Å². The smallest absolute Gasteiger partial charge is 0.161 e. The van der Waals surface area contributed by atoms with Gasteiger partial charge in [0.25, 0.3) is 0 Å². The summed E-state index contributed by atoms with van der Waals surface area (Å²) in [6.07, 6.45) is 9.36. The van der Waals surface area contributed by atoms with E-state index in [0.717, 1.165) is 113 Å². The zero-order chi connectivity index (χ0) is 27.4. The fourth-order valence-corrected chi connectivity index (χ4v) is 6.60. The summed E-state index contributed by atoms with van der Waals surface area (Å²) in [5, 5.41) is 8.22. The summed E-state index contributed by atoms with van der Waals surface area (Å²) >= 11 is 0. The SMILES string of the molecule is c1ccc2c(c1)CCN(CC(CNc1cc(-c3ncc4ccn(C5CCNCC5)c4n3)ccn1)N1CCOCC1)C2. The zero-order valence-corrected chi connectivity index (χ0v) is 23.7. The predicted molar refractivity (Wildman–Crippen MR) is 162 cm³/mol. The van der Waals surface area contributed by atoms with Crippen molar-refractivity contribution in [1.29, 1.82) is 0 Å². The normalized spacial score (nSPS) is 19.7. The number of morpholine rings is 1. The van der Waals surface area contributed by atoms with E-state index >= 15 is 0 Å². The Kier molecular flexibility index (Phi) is 7.92. The number of anilines is 1. The van der Waals surface area contributed by atoms with Gasteiger partial charge in [-0.1, -0.05) is 24.3 Å². The molecule has 2 fully saturated rings. The molecule has 3 aromatic heterocycles. The number of benzene rings is 1. The highest BCUT2D eigenvalue weighted by Gasteiger charge is 2.26. The van der Waals surface area contributed by atoms with Gasteiger partial charge >= 0.3 is 0 Å². The molecule has 2 N–H and O–H groups in total. The van der Waals surface area contributed by atoms with E-state index in [2.05, 4.69) is 72.6 Å². The Hall–Kier alpha value is -3.37. The fourth-order valence-electron chi connectivity index (χ4n) is 6.60. The second kappa shape index (κ2) is 12.2. The topological polar surface area (TPSA) is 83.4 Å². The van der Waals surface area contributed by atoms with Gasteiger partial charge in [-0.25, -0.2) is 15.0 Å². The number of pyridine rings is 1. The molecule has 0 radical (unpaired) electrons. The van der Waals surface area contributed by atoms with Crippen LogP contribution in [0.3, 0.4) is 0 Å². The van der Waals surface area contributed by atoms with Gasteiger partial charge < -0.3 is 19.9 Å². The number of rotatable bonds is 8. The predicted octanol–water partition coefficient (Wildman–Crippen LogP) is 3.59. The highest BCUT2D eigenvalue weighted by Crippen LogP contribution is 2.27. The number of hydrogen-bond acceptors (Lipinski definition) is 8. The number of piperidine rings is 1. The quantitative estimate of drug-likeness (QED) is 0.343. The summed E-state index contributed by atoms with van der Waals surface area (Å²) in [4.78, 5) is 19.6. The first-order valence-corrected chi connectivity index (χ1v) is 15.2. The molecule has 3 aliphatic rings. The Balaban J connectivity index is 1.07. The van der Waals surface area contributed by atoms with Crippen LogP contribution in [-0.4, -0.2) is 94.4 Å². The monoisotopic (exact) mass is 552 g/mol. The van der Waals surface area contributed by atoms with Crippen LogP contribution in [0, 0.1) is 0 Å². The average molecular weight is 553 g/mol. The van der Waals surface area contributed by atoms with Crippen LogP contribution < -0.4 is 10.6 Å². The van der Waals surface area contributed by atoms with Crippen LogP contribution in [0.25, 0.3) is 22.4 Å². The van der Waals surface area contributed by atoms with Crippen LogP contribution in [0.15, 0.2) is 61.1 Å². The van der Waals surface area contributed by atoms with Crippen LogP contribution in [0.1, 0.15) is 30.0 Å². The van der Waals surface area contributed by atoms with E-state index < -0.39 is 0 Å². The van der Waals surface area contributed by atoms with Crippen LogP contribution in [0.2, 0.25) is 0 Å². The van der Waals surface area contributed by atoms with Gasteiger partial charge in [-0.05, 0) is 61.7 Å². The molecule has 6 heterocycles. The second-order valence-corrected chi connectivity index (χ2v) is 11.5. The Morgan fingerprint density at radius 1 is 1.00 bits per heavy atom. The Morgan fingerprint density at radius 2 is 1.85 bits per heavy atom. The number of nitrogens with one attached hydrogen (secondary N) is 2. The van der Waals surface area contributed by atoms with Gasteiger partial charge in [0.1, 0.15) is 11.5 Å². The van der Waals surface area contributed by atoms with Crippen molar-refractivity contribution in [2.24, 2.45) is 0 Å². The van der Waals surface area contributed by atoms with Crippen LogP contribution in [0.5, 0.6) is 0 Å². The first-order chi connectivity index (χ1) is 20.3. The molecule has 0 spiro atoms. The molecule has 0 saturated carbocycles. The molecule has 3 aliphatic heterocycles. The lowest BCUT2D eigenvalue weighted by atomic mass is 9.99. The number of fused-ring (bicyclic) bond motifs is 2. The summed E-state index contributed by atoms with van der Waals surface area (Å²) in [6, 6.07) is 16.0. The largest absolute Gasteiger partial charge is 0.379 e. The van der Waals surface area contributed by atoms with Gasteiger partial charge in [0, 0.05) is 80.9 Å². The Morgan fingerprint density at radius 3 is 2.73 bits per heavy atom. The van der Waals surface area contributed by atoms with Crippen molar-refractivity contribution in [2.75, 3.05) is 64.3 Å². The second-order valence-electron chi connectivity index (χ2n) is 11.5.